The standard InChI is InChI=1S/C13H20N4OS/c1-9-8-10-11(15-6-4-2-3-5-7-18)16-13(14)17-12(10)19-9/h8,18H,2-7H2,1H3,(H3,14,15,16,17). The molecule has 0 aromatic carbocycles. The van der Waals surface area contributed by atoms with Crippen LogP contribution in [0.5, 0.6) is 0 Å². The lowest BCUT2D eigenvalue weighted by atomic mass is 10.2. The predicted octanol–water partition coefficient (Wildman–Crippen LogP) is 2.55. The smallest absolute Gasteiger partial charge is 0.223 e. The number of nitrogen functional groups attached to an aromatic ring is 1. The number of rotatable bonds is 7. The molecule has 0 saturated carbocycles. The first-order valence-electron chi connectivity index (χ1n) is 6.59. The summed E-state index contributed by atoms with van der Waals surface area (Å²) in [6.45, 7) is 3.21. The summed E-state index contributed by atoms with van der Waals surface area (Å²) in [5.41, 5.74) is 5.72. The van der Waals surface area contributed by atoms with Gasteiger partial charge in [-0.1, -0.05) is 12.8 Å². The van der Waals surface area contributed by atoms with Crippen LogP contribution in [0.4, 0.5) is 11.8 Å². The molecule has 0 bridgehead atoms. The lowest BCUT2D eigenvalue weighted by Gasteiger charge is -2.07. The van der Waals surface area contributed by atoms with Crippen molar-refractivity contribution in [3.8, 4) is 0 Å². The second kappa shape index (κ2) is 6.68. The number of nitrogens with one attached hydrogen (secondary N) is 1. The van der Waals surface area contributed by atoms with Gasteiger partial charge in [-0.2, -0.15) is 4.98 Å². The molecule has 6 heteroatoms. The van der Waals surface area contributed by atoms with Gasteiger partial charge in [0, 0.05) is 18.0 Å². The number of hydrogen-bond donors (Lipinski definition) is 3. The molecular formula is C13H20N4OS. The van der Waals surface area contributed by atoms with Gasteiger partial charge in [0.2, 0.25) is 5.95 Å². The summed E-state index contributed by atoms with van der Waals surface area (Å²) in [7, 11) is 0. The first-order chi connectivity index (χ1) is 9.20. The third-order valence-electron chi connectivity index (χ3n) is 2.91. The summed E-state index contributed by atoms with van der Waals surface area (Å²) in [6, 6.07) is 2.09. The van der Waals surface area contributed by atoms with Crippen LogP contribution in [0, 0.1) is 6.92 Å². The molecule has 0 aliphatic carbocycles. The van der Waals surface area contributed by atoms with E-state index in [-0.39, 0.29) is 6.61 Å². The van der Waals surface area contributed by atoms with E-state index in [1.165, 1.54) is 4.88 Å². The van der Waals surface area contributed by atoms with E-state index >= 15 is 0 Å². The Labute approximate surface area is 116 Å². The Kier molecular flexibility index (Phi) is 4.93. The van der Waals surface area contributed by atoms with Crippen molar-refractivity contribution in [2.24, 2.45) is 0 Å². The van der Waals surface area contributed by atoms with Crippen molar-refractivity contribution in [1.82, 2.24) is 9.97 Å². The summed E-state index contributed by atoms with van der Waals surface area (Å²) in [6.07, 6.45) is 4.12. The number of fused-ring (bicyclic) bond motifs is 1. The van der Waals surface area contributed by atoms with Gasteiger partial charge in [0.1, 0.15) is 10.6 Å². The van der Waals surface area contributed by atoms with Gasteiger partial charge >= 0.3 is 0 Å². The molecule has 0 saturated heterocycles. The second-order valence-electron chi connectivity index (χ2n) is 4.57. The Morgan fingerprint density at radius 1 is 1.26 bits per heavy atom. The first-order valence-corrected chi connectivity index (χ1v) is 7.40. The van der Waals surface area contributed by atoms with E-state index in [2.05, 4.69) is 28.3 Å². The summed E-state index contributed by atoms with van der Waals surface area (Å²) in [5.74, 6) is 1.14. The number of unbranched alkanes of at least 4 members (excludes halogenated alkanes) is 3. The molecule has 0 aliphatic heterocycles. The fourth-order valence-corrected chi connectivity index (χ4v) is 2.88. The number of aliphatic hydroxyl groups excluding tert-OH is 1. The van der Waals surface area contributed by atoms with Gasteiger partial charge in [-0.3, -0.25) is 0 Å². The van der Waals surface area contributed by atoms with Crippen molar-refractivity contribution in [2.45, 2.75) is 32.6 Å². The van der Waals surface area contributed by atoms with Gasteiger partial charge in [0.05, 0.1) is 5.39 Å². The van der Waals surface area contributed by atoms with Crippen molar-refractivity contribution in [3.05, 3.63) is 10.9 Å². The molecule has 0 fully saturated rings. The molecule has 2 aromatic rings. The number of aromatic nitrogens is 2. The van der Waals surface area contributed by atoms with Gasteiger partial charge in [-0.25, -0.2) is 4.98 Å². The molecule has 2 heterocycles. The maximum Gasteiger partial charge on any atom is 0.223 e. The molecule has 2 aromatic heterocycles. The van der Waals surface area contributed by atoms with E-state index in [4.69, 9.17) is 10.8 Å². The van der Waals surface area contributed by atoms with Crippen molar-refractivity contribution in [3.63, 3.8) is 0 Å². The molecule has 19 heavy (non-hydrogen) atoms. The molecule has 0 aliphatic rings. The molecule has 0 unspecified atom stereocenters. The van der Waals surface area contributed by atoms with Crippen LogP contribution >= 0.6 is 11.3 Å². The van der Waals surface area contributed by atoms with Crippen LogP contribution in [0.3, 0.4) is 0 Å². The van der Waals surface area contributed by atoms with Crippen molar-refractivity contribution >= 4 is 33.3 Å². The molecule has 4 N–H and O–H groups in total. The third kappa shape index (κ3) is 3.78. The highest BCUT2D eigenvalue weighted by Gasteiger charge is 2.08. The number of aryl methyl sites for hydroxylation is 1. The number of nitrogens with two attached hydrogens (primary N) is 1. The van der Waals surface area contributed by atoms with E-state index in [0.717, 1.165) is 48.3 Å². The van der Waals surface area contributed by atoms with Crippen LogP contribution in [0.15, 0.2) is 6.07 Å². The largest absolute Gasteiger partial charge is 0.396 e. The SMILES string of the molecule is Cc1cc2c(NCCCCCCO)nc(N)nc2s1. The van der Waals surface area contributed by atoms with Gasteiger partial charge in [-0.15, -0.1) is 11.3 Å². The highest BCUT2D eigenvalue weighted by atomic mass is 32.1. The monoisotopic (exact) mass is 280 g/mol. The summed E-state index contributed by atoms with van der Waals surface area (Å²) in [4.78, 5) is 10.7. The van der Waals surface area contributed by atoms with Gasteiger partial charge < -0.3 is 16.2 Å². The molecule has 0 spiro atoms. The summed E-state index contributed by atoms with van der Waals surface area (Å²) < 4.78 is 0. The third-order valence-corrected chi connectivity index (χ3v) is 3.85. The number of nitrogens with zero attached hydrogens (tertiary/aromatic N) is 2. The van der Waals surface area contributed by atoms with Crippen LogP contribution in [-0.4, -0.2) is 28.2 Å². The predicted molar refractivity (Wildman–Crippen MR) is 80.6 cm³/mol. The Balaban J connectivity index is 1.96. The second-order valence-corrected chi connectivity index (χ2v) is 5.81. The van der Waals surface area contributed by atoms with Gasteiger partial charge in [0.15, 0.2) is 0 Å². The van der Waals surface area contributed by atoms with Crippen LogP contribution in [0.25, 0.3) is 10.2 Å². The quantitative estimate of drug-likeness (QED) is 0.679. The van der Waals surface area contributed by atoms with Crippen molar-refractivity contribution in [1.29, 1.82) is 0 Å². The minimum absolute atomic E-state index is 0.282. The van der Waals surface area contributed by atoms with Crippen LogP contribution < -0.4 is 11.1 Å². The summed E-state index contributed by atoms with van der Waals surface area (Å²) in [5, 5.41) is 13.1. The van der Waals surface area contributed by atoms with E-state index in [0.29, 0.717) is 5.95 Å². The number of anilines is 2. The zero-order chi connectivity index (χ0) is 13.7. The average molecular weight is 280 g/mol. The van der Waals surface area contributed by atoms with Crippen LogP contribution in [-0.2, 0) is 0 Å². The number of thiophene rings is 1. The van der Waals surface area contributed by atoms with Crippen LogP contribution in [0.1, 0.15) is 30.6 Å². The minimum atomic E-state index is 0.282. The Morgan fingerprint density at radius 3 is 2.84 bits per heavy atom. The minimum Gasteiger partial charge on any atom is -0.396 e. The molecule has 2 rings (SSSR count). The van der Waals surface area contributed by atoms with Crippen molar-refractivity contribution < 1.29 is 5.11 Å². The Hall–Kier alpha value is -1.40. The molecule has 104 valence electrons. The maximum absolute atomic E-state index is 8.71. The maximum atomic E-state index is 8.71. The molecular weight excluding hydrogens is 260 g/mol. The number of hydrogen-bond acceptors (Lipinski definition) is 6. The zero-order valence-electron chi connectivity index (χ0n) is 11.1. The molecule has 0 radical (unpaired) electrons. The van der Waals surface area contributed by atoms with Crippen LogP contribution in [0.2, 0.25) is 0 Å². The zero-order valence-corrected chi connectivity index (χ0v) is 12.0. The number of aliphatic hydroxyl groups is 1. The summed E-state index contributed by atoms with van der Waals surface area (Å²) >= 11 is 1.63. The molecule has 5 nitrogen and oxygen atoms in total. The Morgan fingerprint density at radius 2 is 2.05 bits per heavy atom. The van der Waals surface area contributed by atoms with Gasteiger partial charge in [-0.05, 0) is 25.8 Å². The molecule has 0 atom stereocenters. The molecule has 0 amide bonds. The normalized spacial score (nSPS) is 11.1. The van der Waals surface area contributed by atoms with E-state index < -0.39 is 0 Å². The topological polar surface area (TPSA) is 84.1 Å². The van der Waals surface area contributed by atoms with E-state index in [9.17, 15) is 0 Å². The first kappa shape index (κ1) is 14.0. The fraction of sp³-hybridized carbons (Fsp3) is 0.538. The van der Waals surface area contributed by atoms with Crippen molar-refractivity contribution in [2.75, 3.05) is 24.2 Å². The Bertz CT molecular complexity index is 541. The highest BCUT2D eigenvalue weighted by Crippen LogP contribution is 2.28. The highest BCUT2D eigenvalue weighted by molar-refractivity contribution is 7.18. The van der Waals surface area contributed by atoms with E-state index in [1.54, 1.807) is 11.3 Å². The lowest BCUT2D eigenvalue weighted by Crippen LogP contribution is -2.06. The fourth-order valence-electron chi connectivity index (χ4n) is 1.99. The van der Waals surface area contributed by atoms with Gasteiger partial charge in [0.25, 0.3) is 0 Å². The van der Waals surface area contributed by atoms with E-state index in [1.807, 2.05) is 0 Å². The lowest BCUT2D eigenvalue weighted by molar-refractivity contribution is 0.283. The average Bonchev–Trinajstić information content (AvgIpc) is 2.73.